The molecule has 1 aliphatic carbocycles. The topological polar surface area (TPSA) is 136 Å². The molecule has 0 spiro atoms. The molecular weight excluding hydrogens is 622 g/mol. The summed E-state index contributed by atoms with van der Waals surface area (Å²) in [5, 5.41) is 17.7. The van der Waals surface area contributed by atoms with Gasteiger partial charge in [0.25, 0.3) is 11.5 Å². The van der Waals surface area contributed by atoms with E-state index in [9.17, 15) is 19.5 Å². The number of H-pyrrole nitrogens is 1. The van der Waals surface area contributed by atoms with Crippen LogP contribution in [0.25, 0.3) is 11.1 Å². The number of hydrogen-bond acceptors (Lipinski definition) is 7. The Bertz CT molecular complexity index is 1710. The molecule has 2 aromatic heterocycles. The standard InChI is InChI=1S/C37H53N7O5/c1-23-17-24(2)40-35(46)32(23)21-38-34(45)31-18-27(28-20-39-43(22-28)26(4)42-13-15-49-16-14-42)19-33(25(31)3)41(8)29-9-11-30(12-10-29)44(36(47)48)37(5,6)7/h17-20,22,26,29-30H,9-16,21H2,1-8H3,(H,38,45)(H,40,46)(H,47,48). The fraction of sp³-hybridized carbons (Fsp3) is 0.568. The van der Waals surface area contributed by atoms with E-state index in [1.54, 1.807) is 4.90 Å². The summed E-state index contributed by atoms with van der Waals surface area (Å²) in [5.41, 5.74) is 5.56. The number of carbonyl (C=O) groups excluding carboxylic acids is 1. The lowest BCUT2D eigenvalue weighted by Crippen LogP contribution is -2.53. The van der Waals surface area contributed by atoms with Crippen molar-refractivity contribution < 1.29 is 19.4 Å². The molecule has 2 aliphatic rings. The minimum atomic E-state index is -0.880. The van der Waals surface area contributed by atoms with E-state index in [4.69, 9.17) is 9.84 Å². The van der Waals surface area contributed by atoms with Crippen LogP contribution in [0.3, 0.4) is 0 Å². The van der Waals surface area contributed by atoms with Gasteiger partial charge in [-0.05, 0) is 109 Å². The van der Waals surface area contributed by atoms with Crippen molar-refractivity contribution in [2.45, 2.75) is 104 Å². The van der Waals surface area contributed by atoms with Crippen LogP contribution < -0.4 is 15.8 Å². The lowest BCUT2D eigenvalue weighted by atomic mass is 9.86. The molecule has 0 bridgehead atoms. The quantitative estimate of drug-likeness (QED) is 0.272. The van der Waals surface area contributed by atoms with E-state index in [2.05, 4.69) is 40.1 Å². The van der Waals surface area contributed by atoms with Crippen molar-refractivity contribution in [2.75, 3.05) is 38.3 Å². The predicted molar refractivity (Wildman–Crippen MR) is 191 cm³/mol. The first-order valence-electron chi connectivity index (χ1n) is 17.4. The number of aryl methyl sites for hydroxylation is 2. The van der Waals surface area contributed by atoms with Crippen LogP contribution in [0, 0.1) is 20.8 Å². The largest absolute Gasteiger partial charge is 0.465 e. The Labute approximate surface area is 289 Å². The molecule has 12 heteroatoms. The smallest absolute Gasteiger partial charge is 0.407 e. The van der Waals surface area contributed by atoms with Gasteiger partial charge >= 0.3 is 6.09 Å². The molecule has 1 saturated heterocycles. The number of benzene rings is 1. The SMILES string of the molecule is Cc1cc(C)c(CNC(=O)c2cc(-c3cnn(C(C)N4CCOCC4)c3)cc(N(C)C3CCC(N(C(=O)O)C(C)(C)C)CC3)c2C)c(=O)[nH]1. The second kappa shape index (κ2) is 14.8. The molecule has 1 aromatic carbocycles. The fourth-order valence-corrected chi connectivity index (χ4v) is 7.53. The number of nitrogens with one attached hydrogen (secondary N) is 2. The van der Waals surface area contributed by atoms with Crippen LogP contribution in [-0.4, -0.2) is 92.6 Å². The van der Waals surface area contributed by atoms with Gasteiger partial charge in [0, 0.05) is 78.6 Å². The number of hydrogen-bond donors (Lipinski definition) is 3. The highest BCUT2D eigenvalue weighted by atomic mass is 16.5. The highest BCUT2D eigenvalue weighted by Crippen LogP contribution is 2.36. The van der Waals surface area contributed by atoms with E-state index in [0.29, 0.717) is 24.3 Å². The van der Waals surface area contributed by atoms with Crippen molar-refractivity contribution >= 4 is 17.7 Å². The van der Waals surface area contributed by atoms with Gasteiger partial charge < -0.3 is 29.9 Å². The van der Waals surface area contributed by atoms with Crippen LogP contribution in [-0.2, 0) is 11.3 Å². The monoisotopic (exact) mass is 675 g/mol. The molecule has 3 N–H and O–H groups in total. The molecule has 1 atom stereocenters. The van der Waals surface area contributed by atoms with Crippen LogP contribution in [0.15, 0.2) is 35.4 Å². The Hall–Kier alpha value is -4.16. The van der Waals surface area contributed by atoms with Gasteiger partial charge in [0.2, 0.25) is 0 Å². The average Bonchev–Trinajstić information content (AvgIpc) is 3.54. The lowest BCUT2D eigenvalue weighted by Gasteiger charge is -2.44. The van der Waals surface area contributed by atoms with Crippen molar-refractivity contribution in [3.63, 3.8) is 0 Å². The Kier molecular flexibility index (Phi) is 10.9. The van der Waals surface area contributed by atoms with Gasteiger partial charge in [-0.25, -0.2) is 4.79 Å². The number of amides is 2. The van der Waals surface area contributed by atoms with Gasteiger partial charge in [-0.3, -0.25) is 19.2 Å². The van der Waals surface area contributed by atoms with Crippen molar-refractivity contribution in [1.82, 2.24) is 29.9 Å². The second-order valence-electron chi connectivity index (χ2n) is 14.7. The zero-order valence-electron chi connectivity index (χ0n) is 30.3. The average molecular weight is 676 g/mol. The molecule has 1 aliphatic heterocycles. The van der Waals surface area contributed by atoms with Crippen molar-refractivity contribution in [3.8, 4) is 11.1 Å². The Morgan fingerprint density at radius 1 is 1.06 bits per heavy atom. The number of carbonyl (C=O) groups is 2. The van der Waals surface area contributed by atoms with E-state index < -0.39 is 11.6 Å². The Morgan fingerprint density at radius 2 is 1.71 bits per heavy atom. The highest BCUT2D eigenvalue weighted by molar-refractivity contribution is 5.98. The lowest BCUT2D eigenvalue weighted by molar-refractivity contribution is 0.000513. The molecular formula is C37H53N7O5. The normalized spacial score (nSPS) is 19.3. The summed E-state index contributed by atoms with van der Waals surface area (Å²) in [6.45, 7) is 16.8. The van der Waals surface area contributed by atoms with E-state index in [1.807, 2.05) is 70.8 Å². The van der Waals surface area contributed by atoms with Crippen LogP contribution in [0.5, 0.6) is 0 Å². The molecule has 1 saturated carbocycles. The van der Waals surface area contributed by atoms with E-state index in [0.717, 1.165) is 72.4 Å². The van der Waals surface area contributed by atoms with Gasteiger partial charge in [-0.1, -0.05) is 0 Å². The summed E-state index contributed by atoms with van der Waals surface area (Å²) in [4.78, 5) is 47.8. The number of carboxylic acid groups (broad SMARTS) is 1. The minimum Gasteiger partial charge on any atom is -0.465 e. The third-order valence-electron chi connectivity index (χ3n) is 10.3. The third-order valence-corrected chi connectivity index (χ3v) is 10.3. The third kappa shape index (κ3) is 8.02. The molecule has 266 valence electrons. The first kappa shape index (κ1) is 36.1. The minimum absolute atomic E-state index is 0.0383. The summed E-state index contributed by atoms with van der Waals surface area (Å²) >= 11 is 0. The number of morpholine rings is 1. The van der Waals surface area contributed by atoms with Gasteiger partial charge in [0.05, 0.1) is 19.4 Å². The summed E-state index contributed by atoms with van der Waals surface area (Å²) in [5.74, 6) is -0.256. The van der Waals surface area contributed by atoms with Crippen LogP contribution >= 0.6 is 0 Å². The first-order chi connectivity index (χ1) is 23.1. The highest BCUT2D eigenvalue weighted by Gasteiger charge is 2.36. The molecule has 3 aromatic rings. The molecule has 3 heterocycles. The first-order valence-corrected chi connectivity index (χ1v) is 17.4. The molecule has 1 unspecified atom stereocenters. The maximum absolute atomic E-state index is 13.9. The zero-order chi connectivity index (χ0) is 35.6. The van der Waals surface area contributed by atoms with Crippen molar-refractivity contribution in [1.29, 1.82) is 0 Å². The number of anilines is 1. The number of aromatic nitrogens is 3. The van der Waals surface area contributed by atoms with Crippen LogP contribution in [0.1, 0.15) is 92.3 Å². The summed E-state index contributed by atoms with van der Waals surface area (Å²) in [6.07, 6.45) is 6.24. The maximum Gasteiger partial charge on any atom is 0.407 e. The number of nitrogens with zero attached hydrogens (tertiary/aromatic N) is 5. The fourth-order valence-electron chi connectivity index (χ4n) is 7.53. The van der Waals surface area contributed by atoms with E-state index in [-0.39, 0.29) is 36.3 Å². The molecule has 2 fully saturated rings. The summed E-state index contributed by atoms with van der Waals surface area (Å²) in [7, 11) is 2.07. The second-order valence-corrected chi connectivity index (χ2v) is 14.7. The van der Waals surface area contributed by atoms with Gasteiger partial charge in [-0.15, -0.1) is 0 Å². The number of ether oxygens (including phenoxy) is 1. The number of rotatable bonds is 9. The molecule has 0 radical (unpaired) electrons. The molecule has 2 amide bonds. The number of pyridine rings is 1. The molecule has 49 heavy (non-hydrogen) atoms. The summed E-state index contributed by atoms with van der Waals surface area (Å²) < 4.78 is 7.50. The zero-order valence-corrected chi connectivity index (χ0v) is 30.3. The van der Waals surface area contributed by atoms with Gasteiger partial charge in [0.15, 0.2) is 0 Å². The van der Waals surface area contributed by atoms with Crippen molar-refractivity contribution in [3.05, 3.63) is 68.9 Å². The van der Waals surface area contributed by atoms with Crippen molar-refractivity contribution in [2.24, 2.45) is 0 Å². The molecule has 5 rings (SSSR count). The maximum atomic E-state index is 13.9. The molecule has 12 nitrogen and oxygen atoms in total. The predicted octanol–water partition coefficient (Wildman–Crippen LogP) is 5.47. The van der Waals surface area contributed by atoms with E-state index in [1.165, 1.54) is 0 Å². The van der Waals surface area contributed by atoms with Crippen LogP contribution in [0.2, 0.25) is 0 Å². The Morgan fingerprint density at radius 3 is 2.33 bits per heavy atom. The van der Waals surface area contributed by atoms with Crippen LogP contribution in [0.4, 0.5) is 10.5 Å². The Balaban J connectivity index is 1.45. The van der Waals surface area contributed by atoms with Gasteiger partial charge in [0.1, 0.15) is 6.17 Å². The van der Waals surface area contributed by atoms with E-state index >= 15 is 0 Å². The van der Waals surface area contributed by atoms with Gasteiger partial charge in [-0.2, -0.15) is 5.10 Å². The summed E-state index contributed by atoms with van der Waals surface area (Å²) in [6, 6.07) is 6.09. The number of aromatic amines is 1.